The van der Waals surface area contributed by atoms with Crippen molar-refractivity contribution >= 4 is 10.0 Å². The van der Waals surface area contributed by atoms with Crippen LogP contribution in [0.4, 0.5) is 0 Å². The van der Waals surface area contributed by atoms with Gasteiger partial charge in [-0.05, 0) is 37.0 Å². The minimum absolute atomic E-state index is 0.160. The lowest BCUT2D eigenvalue weighted by Crippen LogP contribution is -2.29. The minimum Gasteiger partial charge on any atom is -0.265 e. The predicted octanol–water partition coefficient (Wildman–Crippen LogP) is 0.706. The highest BCUT2D eigenvalue weighted by Gasteiger charge is 2.26. The molecule has 82 valence electrons. The first-order valence-electron chi connectivity index (χ1n) is 5.05. The second-order valence-corrected chi connectivity index (χ2v) is 5.69. The van der Waals surface area contributed by atoms with E-state index in [-0.39, 0.29) is 11.8 Å². The maximum atomic E-state index is 11.5. The van der Waals surface area contributed by atoms with Crippen molar-refractivity contribution in [2.45, 2.75) is 25.3 Å². The van der Waals surface area contributed by atoms with E-state index in [4.69, 9.17) is 0 Å². The van der Waals surface area contributed by atoms with E-state index in [1.165, 1.54) is 0 Å². The van der Waals surface area contributed by atoms with E-state index in [2.05, 4.69) is 9.71 Å². The standard InChI is InChI=1S/C10H14N2O2S/c13-15(14,12-10-1-2-10)8-5-9-3-6-11-7-4-9/h3-4,6-7,10,12H,1-2,5,8H2. The number of nitrogens with one attached hydrogen (secondary N) is 1. The van der Waals surface area contributed by atoms with Gasteiger partial charge in [-0.3, -0.25) is 4.98 Å². The first-order chi connectivity index (χ1) is 7.16. The number of aromatic nitrogens is 1. The lowest BCUT2D eigenvalue weighted by atomic mass is 10.2. The third-order valence-corrected chi connectivity index (χ3v) is 3.77. The van der Waals surface area contributed by atoms with E-state index in [9.17, 15) is 8.42 Å². The van der Waals surface area contributed by atoms with Crippen LogP contribution in [0.2, 0.25) is 0 Å². The molecule has 2 rings (SSSR count). The van der Waals surface area contributed by atoms with Crippen LogP contribution in [0.3, 0.4) is 0 Å². The van der Waals surface area contributed by atoms with Crippen LogP contribution in [0.25, 0.3) is 0 Å². The fraction of sp³-hybridized carbons (Fsp3) is 0.500. The summed E-state index contributed by atoms with van der Waals surface area (Å²) in [5, 5.41) is 0. The quantitative estimate of drug-likeness (QED) is 0.804. The van der Waals surface area contributed by atoms with Crippen LogP contribution in [0.5, 0.6) is 0 Å². The Bertz CT molecular complexity index is 412. The van der Waals surface area contributed by atoms with Crippen molar-refractivity contribution in [3.8, 4) is 0 Å². The first kappa shape index (κ1) is 10.6. The van der Waals surface area contributed by atoms with E-state index >= 15 is 0 Å². The number of hydrogen-bond acceptors (Lipinski definition) is 3. The third-order valence-electron chi connectivity index (χ3n) is 2.33. The van der Waals surface area contributed by atoms with Crippen LogP contribution in [0.1, 0.15) is 18.4 Å². The molecule has 1 aliphatic rings. The van der Waals surface area contributed by atoms with Gasteiger partial charge in [0.05, 0.1) is 5.75 Å². The zero-order chi connectivity index (χ0) is 10.7. The van der Waals surface area contributed by atoms with Crippen LogP contribution in [0.15, 0.2) is 24.5 Å². The molecule has 5 heteroatoms. The SMILES string of the molecule is O=S(=O)(CCc1ccncc1)NC1CC1. The van der Waals surface area contributed by atoms with E-state index < -0.39 is 10.0 Å². The number of nitrogens with zero attached hydrogens (tertiary/aromatic N) is 1. The monoisotopic (exact) mass is 226 g/mol. The van der Waals surface area contributed by atoms with E-state index in [0.717, 1.165) is 18.4 Å². The van der Waals surface area contributed by atoms with Gasteiger partial charge in [-0.25, -0.2) is 13.1 Å². The third kappa shape index (κ3) is 3.60. The molecule has 1 N–H and O–H groups in total. The molecule has 1 aromatic heterocycles. The molecule has 1 aliphatic carbocycles. The molecule has 0 radical (unpaired) electrons. The van der Waals surface area contributed by atoms with Crippen molar-refractivity contribution in [1.29, 1.82) is 0 Å². The molecule has 0 bridgehead atoms. The molecule has 4 nitrogen and oxygen atoms in total. The van der Waals surface area contributed by atoms with E-state index in [1.54, 1.807) is 12.4 Å². The van der Waals surface area contributed by atoms with Gasteiger partial charge in [0.15, 0.2) is 0 Å². The second-order valence-electron chi connectivity index (χ2n) is 3.82. The molecule has 0 amide bonds. The van der Waals surface area contributed by atoms with Crippen molar-refractivity contribution < 1.29 is 8.42 Å². The van der Waals surface area contributed by atoms with Crippen molar-refractivity contribution in [3.05, 3.63) is 30.1 Å². The van der Waals surface area contributed by atoms with Crippen LogP contribution < -0.4 is 4.72 Å². The molecular weight excluding hydrogens is 212 g/mol. The molecule has 0 spiro atoms. The maximum absolute atomic E-state index is 11.5. The summed E-state index contributed by atoms with van der Waals surface area (Å²) in [6.07, 6.45) is 5.86. The molecule has 1 heterocycles. The number of sulfonamides is 1. The van der Waals surface area contributed by atoms with Gasteiger partial charge in [0, 0.05) is 18.4 Å². The molecule has 1 fully saturated rings. The Labute approximate surface area is 89.8 Å². The summed E-state index contributed by atoms with van der Waals surface area (Å²) < 4.78 is 25.7. The Morgan fingerprint density at radius 3 is 2.60 bits per heavy atom. The van der Waals surface area contributed by atoms with Crippen LogP contribution in [0, 0.1) is 0 Å². The molecule has 0 aliphatic heterocycles. The number of hydrogen-bond donors (Lipinski definition) is 1. The molecule has 0 saturated heterocycles. The number of rotatable bonds is 5. The van der Waals surface area contributed by atoms with Gasteiger partial charge < -0.3 is 0 Å². The van der Waals surface area contributed by atoms with Crippen LogP contribution >= 0.6 is 0 Å². The zero-order valence-electron chi connectivity index (χ0n) is 8.39. The van der Waals surface area contributed by atoms with Gasteiger partial charge in [-0.15, -0.1) is 0 Å². The van der Waals surface area contributed by atoms with Crippen molar-refractivity contribution in [3.63, 3.8) is 0 Å². The lowest BCUT2D eigenvalue weighted by molar-refractivity contribution is 0.580. The summed E-state index contributed by atoms with van der Waals surface area (Å²) in [5.41, 5.74) is 1.01. The van der Waals surface area contributed by atoms with Gasteiger partial charge in [-0.2, -0.15) is 0 Å². The van der Waals surface area contributed by atoms with Crippen molar-refractivity contribution in [2.24, 2.45) is 0 Å². The Hall–Kier alpha value is -0.940. The molecular formula is C10H14N2O2S. The molecule has 1 saturated carbocycles. The highest BCUT2D eigenvalue weighted by molar-refractivity contribution is 7.89. The first-order valence-corrected chi connectivity index (χ1v) is 6.70. The summed E-state index contributed by atoms with van der Waals surface area (Å²) >= 11 is 0. The molecule has 0 unspecified atom stereocenters. The summed E-state index contributed by atoms with van der Waals surface area (Å²) in [4.78, 5) is 3.88. The number of pyridine rings is 1. The van der Waals surface area contributed by atoms with E-state index in [0.29, 0.717) is 6.42 Å². The Morgan fingerprint density at radius 2 is 2.00 bits per heavy atom. The normalized spacial score (nSPS) is 16.5. The Balaban J connectivity index is 1.86. The Kier molecular flexibility index (Phi) is 3.02. The van der Waals surface area contributed by atoms with Gasteiger partial charge in [0.2, 0.25) is 10.0 Å². The summed E-state index contributed by atoms with van der Waals surface area (Å²) in [6, 6.07) is 3.88. The highest BCUT2D eigenvalue weighted by Crippen LogP contribution is 2.19. The molecule has 0 atom stereocenters. The Morgan fingerprint density at radius 1 is 1.33 bits per heavy atom. The fourth-order valence-corrected chi connectivity index (χ4v) is 2.68. The van der Waals surface area contributed by atoms with Gasteiger partial charge in [0.25, 0.3) is 0 Å². The minimum atomic E-state index is -3.09. The highest BCUT2D eigenvalue weighted by atomic mass is 32.2. The van der Waals surface area contributed by atoms with Gasteiger partial charge >= 0.3 is 0 Å². The molecule has 0 aromatic carbocycles. The lowest BCUT2D eigenvalue weighted by Gasteiger charge is -2.04. The smallest absolute Gasteiger partial charge is 0.212 e. The number of aryl methyl sites for hydroxylation is 1. The van der Waals surface area contributed by atoms with Crippen molar-refractivity contribution in [1.82, 2.24) is 9.71 Å². The van der Waals surface area contributed by atoms with Crippen LogP contribution in [-0.2, 0) is 16.4 Å². The van der Waals surface area contributed by atoms with E-state index in [1.807, 2.05) is 12.1 Å². The summed E-state index contributed by atoms with van der Waals surface area (Å²) in [7, 11) is -3.09. The molecule has 15 heavy (non-hydrogen) atoms. The topological polar surface area (TPSA) is 59.1 Å². The predicted molar refractivity (Wildman–Crippen MR) is 57.9 cm³/mol. The summed E-state index contributed by atoms with van der Waals surface area (Å²) in [6.45, 7) is 0. The largest absolute Gasteiger partial charge is 0.265 e. The van der Waals surface area contributed by atoms with Crippen LogP contribution in [-0.4, -0.2) is 25.2 Å². The molecule has 1 aromatic rings. The van der Waals surface area contributed by atoms with Gasteiger partial charge in [0.1, 0.15) is 0 Å². The average Bonchev–Trinajstić information content (AvgIpc) is 3.00. The second kappa shape index (κ2) is 4.28. The summed E-state index contributed by atoms with van der Waals surface area (Å²) in [5.74, 6) is 0.160. The van der Waals surface area contributed by atoms with Crippen molar-refractivity contribution in [2.75, 3.05) is 5.75 Å². The van der Waals surface area contributed by atoms with Gasteiger partial charge in [-0.1, -0.05) is 0 Å². The fourth-order valence-electron chi connectivity index (χ4n) is 1.32. The maximum Gasteiger partial charge on any atom is 0.212 e. The zero-order valence-corrected chi connectivity index (χ0v) is 9.20. The average molecular weight is 226 g/mol.